The minimum absolute atomic E-state index is 0.423. The van der Waals surface area contributed by atoms with Gasteiger partial charge in [0.1, 0.15) is 36.6 Å². The molecule has 3 unspecified atom stereocenters. The van der Waals surface area contributed by atoms with Crippen LogP contribution in [0, 0.1) is 0 Å². The molecular weight excluding hydrogens is 336 g/mol. The maximum atomic E-state index is 10.4. The average molecular weight is 358 g/mol. The summed E-state index contributed by atoms with van der Waals surface area (Å²) in [4.78, 5) is 0. The number of fused-ring (bicyclic) bond motifs is 1. The van der Waals surface area contributed by atoms with Crippen LogP contribution in [0.3, 0.4) is 0 Å². The van der Waals surface area contributed by atoms with Crippen molar-refractivity contribution < 1.29 is 29.5 Å². The molecule has 0 spiro atoms. The minimum Gasteiger partial charge on any atom is -0.394 e. The van der Waals surface area contributed by atoms with E-state index in [0.717, 1.165) is 11.1 Å². The first-order valence-corrected chi connectivity index (χ1v) is 8.72. The van der Waals surface area contributed by atoms with E-state index in [1.165, 1.54) is 0 Å². The van der Waals surface area contributed by atoms with E-state index in [1.807, 2.05) is 60.7 Å². The van der Waals surface area contributed by atoms with Crippen LogP contribution < -0.4 is 0 Å². The number of hydrogen-bond acceptors (Lipinski definition) is 6. The molecule has 7 atom stereocenters. The summed E-state index contributed by atoms with van der Waals surface area (Å²) >= 11 is 0. The Morgan fingerprint density at radius 1 is 0.769 bits per heavy atom. The molecule has 26 heavy (non-hydrogen) atoms. The topological polar surface area (TPSA) is 88.4 Å². The quantitative estimate of drug-likeness (QED) is 0.747. The van der Waals surface area contributed by atoms with Crippen molar-refractivity contribution in [2.75, 3.05) is 6.61 Å². The van der Waals surface area contributed by atoms with Gasteiger partial charge in [-0.2, -0.15) is 0 Å². The molecule has 2 aromatic carbocycles. The smallest absolute Gasteiger partial charge is 0.185 e. The molecule has 2 saturated heterocycles. The van der Waals surface area contributed by atoms with E-state index in [-0.39, 0.29) is 0 Å². The van der Waals surface area contributed by atoms with Gasteiger partial charge in [-0.3, -0.25) is 0 Å². The number of aliphatic hydroxyl groups is 3. The summed E-state index contributed by atoms with van der Waals surface area (Å²) in [5, 5.41) is 29.5. The fourth-order valence-corrected chi connectivity index (χ4v) is 3.58. The molecule has 138 valence electrons. The fraction of sp³-hybridized carbons (Fsp3) is 0.400. The predicted octanol–water partition coefficient (Wildman–Crippen LogP) is 1.32. The number of hydrogen-bond donors (Lipinski definition) is 3. The van der Waals surface area contributed by atoms with Crippen LogP contribution in [0.2, 0.25) is 0 Å². The van der Waals surface area contributed by atoms with Gasteiger partial charge >= 0.3 is 0 Å². The minimum atomic E-state index is -1.31. The second-order valence-corrected chi connectivity index (χ2v) is 6.62. The zero-order valence-corrected chi connectivity index (χ0v) is 14.1. The lowest BCUT2D eigenvalue weighted by atomic mass is 9.98. The highest BCUT2D eigenvalue weighted by Crippen LogP contribution is 2.47. The van der Waals surface area contributed by atoms with Crippen LogP contribution in [0.5, 0.6) is 0 Å². The maximum absolute atomic E-state index is 10.4. The van der Waals surface area contributed by atoms with E-state index in [1.54, 1.807) is 0 Å². The Morgan fingerprint density at radius 3 is 1.96 bits per heavy atom. The predicted molar refractivity (Wildman–Crippen MR) is 92.1 cm³/mol. The Hall–Kier alpha value is -1.80. The van der Waals surface area contributed by atoms with E-state index in [4.69, 9.17) is 14.2 Å². The summed E-state index contributed by atoms with van der Waals surface area (Å²) in [5.74, 6) is 0. The third-order valence-corrected chi connectivity index (χ3v) is 4.93. The van der Waals surface area contributed by atoms with Crippen molar-refractivity contribution in [3.63, 3.8) is 0 Å². The molecule has 6 nitrogen and oxygen atoms in total. The van der Waals surface area contributed by atoms with Crippen molar-refractivity contribution in [2.45, 2.75) is 42.9 Å². The van der Waals surface area contributed by atoms with Crippen LogP contribution in [-0.2, 0) is 14.2 Å². The molecule has 6 heteroatoms. The largest absolute Gasteiger partial charge is 0.394 e. The van der Waals surface area contributed by atoms with E-state index in [9.17, 15) is 15.3 Å². The Morgan fingerprint density at radius 2 is 1.35 bits per heavy atom. The van der Waals surface area contributed by atoms with Crippen LogP contribution in [0.15, 0.2) is 60.7 Å². The molecule has 4 rings (SSSR count). The lowest BCUT2D eigenvalue weighted by Gasteiger charge is -2.26. The monoisotopic (exact) mass is 358 g/mol. The molecule has 0 aliphatic carbocycles. The summed E-state index contributed by atoms with van der Waals surface area (Å²) < 4.78 is 18.2. The molecule has 0 aromatic heterocycles. The highest BCUT2D eigenvalue weighted by Gasteiger charge is 2.56. The summed E-state index contributed by atoms with van der Waals surface area (Å²) in [5.41, 5.74) is 1.79. The van der Waals surface area contributed by atoms with Crippen LogP contribution in [0.1, 0.15) is 23.5 Å². The third kappa shape index (κ3) is 3.16. The Labute approximate surface area is 151 Å². The van der Waals surface area contributed by atoms with Gasteiger partial charge in [-0.15, -0.1) is 0 Å². The van der Waals surface area contributed by atoms with Crippen LogP contribution >= 0.6 is 0 Å². The lowest BCUT2D eigenvalue weighted by Crippen LogP contribution is -2.45. The van der Waals surface area contributed by atoms with Gasteiger partial charge in [0, 0.05) is 5.56 Å². The Bertz CT molecular complexity index is 709. The molecule has 0 amide bonds. The zero-order chi connectivity index (χ0) is 18.1. The lowest BCUT2D eigenvalue weighted by molar-refractivity contribution is -0.169. The first-order valence-electron chi connectivity index (χ1n) is 8.72. The number of rotatable bonds is 5. The van der Waals surface area contributed by atoms with Gasteiger partial charge in [-0.25, -0.2) is 0 Å². The van der Waals surface area contributed by atoms with Gasteiger partial charge in [0.05, 0.1) is 6.61 Å². The number of ether oxygens (including phenoxy) is 3. The van der Waals surface area contributed by atoms with Gasteiger partial charge in [-0.05, 0) is 5.56 Å². The van der Waals surface area contributed by atoms with Gasteiger partial charge in [0.25, 0.3) is 0 Å². The van der Waals surface area contributed by atoms with Gasteiger partial charge in [0.15, 0.2) is 6.29 Å². The molecule has 2 aliphatic rings. The Kier molecular flexibility index (Phi) is 5.04. The van der Waals surface area contributed by atoms with Crippen molar-refractivity contribution >= 4 is 0 Å². The van der Waals surface area contributed by atoms with Gasteiger partial charge < -0.3 is 29.5 Å². The first-order chi connectivity index (χ1) is 12.7. The molecule has 0 bridgehead atoms. The molecule has 0 radical (unpaired) electrons. The maximum Gasteiger partial charge on any atom is 0.185 e. The van der Waals surface area contributed by atoms with Crippen LogP contribution in [-0.4, -0.2) is 52.4 Å². The Balaban J connectivity index is 1.62. The molecular formula is C20H22O6. The second-order valence-electron chi connectivity index (χ2n) is 6.62. The number of benzene rings is 2. The number of aliphatic hydroxyl groups excluding tert-OH is 3. The van der Waals surface area contributed by atoms with E-state index >= 15 is 0 Å². The van der Waals surface area contributed by atoms with E-state index in [2.05, 4.69) is 0 Å². The molecule has 2 aliphatic heterocycles. The fourth-order valence-electron chi connectivity index (χ4n) is 3.58. The highest BCUT2D eigenvalue weighted by atomic mass is 16.8. The normalized spacial score (nSPS) is 33.0. The van der Waals surface area contributed by atoms with Crippen molar-refractivity contribution in [1.29, 1.82) is 0 Å². The van der Waals surface area contributed by atoms with Crippen LogP contribution in [0.4, 0.5) is 0 Å². The summed E-state index contributed by atoms with van der Waals surface area (Å²) in [6, 6.07) is 19.1. The SMILES string of the molecule is OC[C@@H](O)[C@@H](O)[C@@H]1OC(c2ccccc2)C2OC(c3ccccc3)O[C@@H]21. The van der Waals surface area contributed by atoms with Crippen molar-refractivity contribution in [3.8, 4) is 0 Å². The average Bonchev–Trinajstić information content (AvgIpc) is 3.27. The zero-order valence-electron chi connectivity index (χ0n) is 14.1. The van der Waals surface area contributed by atoms with Crippen molar-refractivity contribution in [2.24, 2.45) is 0 Å². The van der Waals surface area contributed by atoms with Gasteiger partial charge in [0.2, 0.25) is 0 Å². The summed E-state index contributed by atoms with van der Waals surface area (Å²) in [6.45, 7) is -0.558. The van der Waals surface area contributed by atoms with Crippen LogP contribution in [0.25, 0.3) is 0 Å². The van der Waals surface area contributed by atoms with E-state index in [0.29, 0.717) is 0 Å². The van der Waals surface area contributed by atoms with Crippen molar-refractivity contribution in [1.82, 2.24) is 0 Å². The molecule has 2 heterocycles. The van der Waals surface area contributed by atoms with Crippen molar-refractivity contribution in [3.05, 3.63) is 71.8 Å². The summed E-state index contributed by atoms with van der Waals surface area (Å²) in [7, 11) is 0. The summed E-state index contributed by atoms with van der Waals surface area (Å²) in [6.07, 6.45) is -5.37. The van der Waals surface area contributed by atoms with Gasteiger partial charge in [-0.1, -0.05) is 60.7 Å². The first kappa shape index (κ1) is 17.6. The highest BCUT2D eigenvalue weighted by molar-refractivity contribution is 5.23. The molecule has 3 N–H and O–H groups in total. The molecule has 2 fully saturated rings. The molecule has 0 saturated carbocycles. The third-order valence-electron chi connectivity index (χ3n) is 4.93. The standard InChI is InChI=1S/C20H22O6/c21-11-14(22)15(23)17-19-18(16(24-17)12-7-3-1-4-8-12)25-20(26-19)13-9-5-2-6-10-13/h1-10,14-23H,11H2/t14-,15-,16?,17+,18?,19-,20?/m1/s1. The van der Waals surface area contributed by atoms with E-state index < -0.39 is 49.5 Å². The molecule has 2 aromatic rings. The second kappa shape index (κ2) is 7.44.